The average molecular weight is 264 g/mol. The second kappa shape index (κ2) is 6.02. The molecule has 0 saturated carbocycles. The van der Waals surface area contributed by atoms with Crippen LogP contribution in [0.2, 0.25) is 0 Å². The molecule has 1 aliphatic rings. The van der Waals surface area contributed by atoms with Gasteiger partial charge in [0.25, 0.3) is 5.69 Å². The maximum atomic E-state index is 11.3. The Bertz CT molecular complexity index is 460. The van der Waals surface area contributed by atoms with Gasteiger partial charge in [-0.05, 0) is 38.7 Å². The SMILES string of the molecule is Cc1cccc(N2CCCCC2CCO)c1[N+](=O)[O-]. The third-order valence-electron chi connectivity index (χ3n) is 3.80. The molecular weight excluding hydrogens is 244 g/mol. The minimum absolute atomic E-state index is 0.126. The lowest BCUT2D eigenvalue weighted by Crippen LogP contribution is -2.40. The lowest BCUT2D eigenvalue weighted by Gasteiger charge is -2.37. The smallest absolute Gasteiger partial charge is 0.295 e. The summed E-state index contributed by atoms with van der Waals surface area (Å²) >= 11 is 0. The van der Waals surface area contributed by atoms with E-state index in [1.54, 1.807) is 13.0 Å². The van der Waals surface area contributed by atoms with E-state index in [2.05, 4.69) is 4.90 Å². The van der Waals surface area contributed by atoms with E-state index in [0.29, 0.717) is 17.7 Å². The molecule has 1 heterocycles. The molecule has 0 radical (unpaired) electrons. The van der Waals surface area contributed by atoms with E-state index in [0.717, 1.165) is 25.8 Å². The highest BCUT2D eigenvalue weighted by Crippen LogP contribution is 2.35. The summed E-state index contributed by atoms with van der Waals surface area (Å²) in [6, 6.07) is 5.66. The van der Waals surface area contributed by atoms with Gasteiger partial charge in [-0.2, -0.15) is 0 Å². The molecule has 1 N–H and O–H groups in total. The molecule has 5 nitrogen and oxygen atoms in total. The lowest BCUT2D eigenvalue weighted by atomic mass is 9.98. The molecular formula is C14H20N2O3. The van der Waals surface area contributed by atoms with Crippen LogP contribution in [0.25, 0.3) is 0 Å². The quantitative estimate of drug-likeness (QED) is 0.670. The van der Waals surface area contributed by atoms with Crippen LogP contribution >= 0.6 is 0 Å². The Morgan fingerprint density at radius 3 is 2.95 bits per heavy atom. The normalized spacial score (nSPS) is 19.5. The van der Waals surface area contributed by atoms with E-state index in [4.69, 9.17) is 5.11 Å². The zero-order valence-electron chi connectivity index (χ0n) is 11.2. The van der Waals surface area contributed by atoms with Crippen molar-refractivity contribution in [3.8, 4) is 0 Å². The number of benzene rings is 1. The maximum Gasteiger partial charge on any atom is 0.295 e. The molecule has 1 aliphatic heterocycles. The highest BCUT2D eigenvalue weighted by atomic mass is 16.6. The van der Waals surface area contributed by atoms with E-state index < -0.39 is 0 Å². The number of nitro benzene ring substituents is 1. The zero-order valence-corrected chi connectivity index (χ0v) is 11.2. The molecule has 1 aromatic carbocycles. The fourth-order valence-corrected chi connectivity index (χ4v) is 2.88. The van der Waals surface area contributed by atoms with Gasteiger partial charge in [-0.25, -0.2) is 0 Å². The van der Waals surface area contributed by atoms with Gasteiger partial charge in [-0.15, -0.1) is 0 Å². The minimum Gasteiger partial charge on any atom is -0.396 e. The van der Waals surface area contributed by atoms with Crippen molar-refractivity contribution < 1.29 is 10.0 Å². The van der Waals surface area contributed by atoms with E-state index in [1.807, 2.05) is 12.1 Å². The molecule has 1 aromatic rings. The van der Waals surface area contributed by atoms with Crippen molar-refractivity contribution in [1.82, 2.24) is 0 Å². The summed E-state index contributed by atoms with van der Waals surface area (Å²) in [5.41, 5.74) is 1.59. The molecule has 5 heteroatoms. The Kier molecular flexibility index (Phi) is 4.37. The Hall–Kier alpha value is -1.62. The summed E-state index contributed by atoms with van der Waals surface area (Å²) in [5.74, 6) is 0. The van der Waals surface area contributed by atoms with Crippen LogP contribution in [0.1, 0.15) is 31.2 Å². The largest absolute Gasteiger partial charge is 0.396 e. The topological polar surface area (TPSA) is 66.6 Å². The van der Waals surface area contributed by atoms with E-state index in [9.17, 15) is 10.1 Å². The molecule has 104 valence electrons. The second-order valence-electron chi connectivity index (χ2n) is 5.06. The van der Waals surface area contributed by atoms with Gasteiger partial charge in [0.1, 0.15) is 5.69 Å². The average Bonchev–Trinajstić information content (AvgIpc) is 2.39. The summed E-state index contributed by atoms with van der Waals surface area (Å²) in [6.07, 6.45) is 3.84. The molecule has 1 atom stereocenters. The van der Waals surface area contributed by atoms with Gasteiger partial charge in [0.15, 0.2) is 0 Å². The monoisotopic (exact) mass is 264 g/mol. The van der Waals surface area contributed by atoms with Gasteiger partial charge < -0.3 is 10.0 Å². The number of aryl methyl sites for hydroxylation is 1. The maximum absolute atomic E-state index is 11.3. The molecule has 19 heavy (non-hydrogen) atoms. The first-order valence-corrected chi connectivity index (χ1v) is 6.76. The number of nitro groups is 1. The van der Waals surface area contributed by atoms with Crippen molar-refractivity contribution >= 4 is 11.4 Å². The summed E-state index contributed by atoms with van der Waals surface area (Å²) in [5, 5.41) is 20.4. The number of hydrogen-bond acceptors (Lipinski definition) is 4. The number of hydrogen-bond donors (Lipinski definition) is 1. The van der Waals surface area contributed by atoms with Crippen LogP contribution in [0.5, 0.6) is 0 Å². The Labute approximate surface area is 113 Å². The molecule has 0 aliphatic carbocycles. The first-order valence-electron chi connectivity index (χ1n) is 6.76. The zero-order chi connectivity index (χ0) is 13.8. The molecule has 0 amide bonds. The number of rotatable bonds is 4. The lowest BCUT2D eigenvalue weighted by molar-refractivity contribution is -0.384. The van der Waals surface area contributed by atoms with Crippen molar-refractivity contribution in [3.63, 3.8) is 0 Å². The Balaban J connectivity index is 2.38. The standard InChI is InChI=1S/C14H20N2O3/c1-11-5-4-7-13(14(11)16(18)19)15-9-3-2-6-12(15)8-10-17/h4-5,7,12,17H,2-3,6,8-10H2,1H3. The number of para-hydroxylation sites is 1. The molecule has 1 fully saturated rings. The second-order valence-corrected chi connectivity index (χ2v) is 5.06. The number of nitrogens with zero attached hydrogens (tertiary/aromatic N) is 2. The fourth-order valence-electron chi connectivity index (χ4n) is 2.88. The highest BCUT2D eigenvalue weighted by molar-refractivity contribution is 5.67. The molecule has 0 bridgehead atoms. The van der Waals surface area contributed by atoms with Gasteiger partial charge in [0, 0.05) is 24.8 Å². The summed E-state index contributed by atoms with van der Waals surface area (Å²) in [4.78, 5) is 13.1. The van der Waals surface area contributed by atoms with Gasteiger partial charge in [-0.1, -0.05) is 12.1 Å². The van der Waals surface area contributed by atoms with Crippen molar-refractivity contribution in [1.29, 1.82) is 0 Å². The first-order chi connectivity index (χ1) is 9.15. The van der Waals surface area contributed by atoms with Crippen LogP contribution in [0.4, 0.5) is 11.4 Å². The summed E-state index contributed by atoms with van der Waals surface area (Å²) in [6.45, 7) is 2.72. The number of anilines is 1. The number of aliphatic hydroxyl groups is 1. The van der Waals surface area contributed by atoms with Gasteiger partial charge in [0.05, 0.1) is 4.92 Å². The summed E-state index contributed by atoms with van der Waals surface area (Å²) in [7, 11) is 0. The van der Waals surface area contributed by atoms with E-state index >= 15 is 0 Å². The third kappa shape index (κ3) is 2.87. The Morgan fingerprint density at radius 1 is 1.47 bits per heavy atom. The first kappa shape index (κ1) is 13.8. The number of aliphatic hydroxyl groups excluding tert-OH is 1. The van der Waals surface area contributed by atoms with Gasteiger partial charge in [-0.3, -0.25) is 10.1 Å². The van der Waals surface area contributed by atoms with Crippen LogP contribution < -0.4 is 4.90 Å². The van der Waals surface area contributed by atoms with E-state index in [1.165, 1.54) is 0 Å². The van der Waals surface area contributed by atoms with Gasteiger partial charge in [0.2, 0.25) is 0 Å². The van der Waals surface area contributed by atoms with Crippen LogP contribution in [-0.4, -0.2) is 29.2 Å². The van der Waals surface area contributed by atoms with Crippen LogP contribution in [-0.2, 0) is 0 Å². The Morgan fingerprint density at radius 2 is 2.26 bits per heavy atom. The van der Waals surface area contributed by atoms with Crippen LogP contribution in [0, 0.1) is 17.0 Å². The van der Waals surface area contributed by atoms with Crippen molar-refractivity contribution in [2.24, 2.45) is 0 Å². The highest BCUT2D eigenvalue weighted by Gasteiger charge is 2.28. The van der Waals surface area contributed by atoms with Gasteiger partial charge >= 0.3 is 0 Å². The molecule has 1 unspecified atom stereocenters. The molecule has 1 saturated heterocycles. The van der Waals surface area contributed by atoms with E-state index in [-0.39, 0.29) is 23.3 Å². The molecule has 2 rings (SSSR count). The minimum atomic E-state index is -0.296. The molecule has 0 spiro atoms. The predicted molar refractivity (Wildman–Crippen MR) is 74.5 cm³/mol. The van der Waals surface area contributed by atoms with Crippen LogP contribution in [0.3, 0.4) is 0 Å². The van der Waals surface area contributed by atoms with Crippen molar-refractivity contribution in [2.75, 3.05) is 18.1 Å². The summed E-state index contributed by atoms with van der Waals surface area (Å²) < 4.78 is 0. The fraction of sp³-hybridized carbons (Fsp3) is 0.571. The van der Waals surface area contributed by atoms with Crippen molar-refractivity contribution in [2.45, 2.75) is 38.6 Å². The van der Waals surface area contributed by atoms with Crippen LogP contribution in [0.15, 0.2) is 18.2 Å². The predicted octanol–water partition coefficient (Wildman–Crippen LogP) is 2.64. The van der Waals surface area contributed by atoms with Crippen molar-refractivity contribution in [3.05, 3.63) is 33.9 Å². The molecule has 0 aromatic heterocycles. The number of piperidine rings is 1. The third-order valence-corrected chi connectivity index (χ3v) is 3.80.